The lowest BCUT2D eigenvalue weighted by molar-refractivity contribution is -0.107. The monoisotopic (exact) mass is 152 g/mol. The van der Waals surface area contributed by atoms with E-state index in [1.54, 1.807) is 0 Å². The second-order valence-electron chi connectivity index (χ2n) is 2.32. The van der Waals surface area contributed by atoms with E-state index in [0.717, 1.165) is 19.3 Å². The zero-order chi connectivity index (χ0) is 7.94. The molecule has 0 aliphatic rings. The van der Waals surface area contributed by atoms with E-state index in [1.165, 1.54) is 5.69 Å². The van der Waals surface area contributed by atoms with Crippen molar-refractivity contribution in [2.45, 2.75) is 6.42 Å². The number of carbonyl (C=O) groups excluding carboxylic acids is 1. The molecule has 0 radical (unpaired) electrons. The number of rotatable bonds is 5. The van der Waals surface area contributed by atoms with Gasteiger partial charge in [-0.05, 0) is 18.6 Å². The second kappa shape index (κ2) is 4.68. The maximum Gasteiger partial charge on any atom is 0.133 e. The fourth-order valence-corrected chi connectivity index (χ4v) is 0.907. The summed E-state index contributed by atoms with van der Waals surface area (Å²) in [5.41, 5.74) is 1.20. The van der Waals surface area contributed by atoms with Crippen molar-refractivity contribution in [3.63, 3.8) is 0 Å². The molecule has 0 bridgehead atoms. The maximum atomic E-state index is 9.90. The van der Waals surface area contributed by atoms with Crippen LogP contribution in [-0.2, 0) is 11.2 Å². The van der Waals surface area contributed by atoms with Crippen LogP contribution >= 0.6 is 0 Å². The first kappa shape index (κ1) is 8.01. The van der Waals surface area contributed by atoms with Crippen LogP contribution in [0.1, 0.15) is 5.69 Å². The third kappa shape index (κ3) is 3.00. The molecule has 0 aliphatic heterocycles. The lowest BCUT2D eigenvalue weighted by Crippen LogP contribution is -2.19. The number of aldehydes is 1. The van der Waals surface area contributed by atoms with Crippen molar-refractivity contribution in [1.29, 1.82) is 0 Å². The van der Waals surface area contributed by atoms with Crippen molar-refractivity contribution >= 4 is 6.29 Å². The Kier molecular flexibility index (Phi) is 3.41. The third-order valence-electron chi connectivity index (χ3n) is 1.46. The van der Waals surface area contributed by atoms with Gasteiger partial charge in [0.15, 0.2) is 0 Å². The number of hydrogen-bond acceptors (Lipinski definition) is 2. The molecule has 1 heterocycles. The van der Waals surface area contributed by atoms with E-state index < -0.39 is 0 Å². The molecule has 0 spiro atoms. The van der Waals surface area contributed by atoms with Crippen molar-refractivity contribution in [2.75, 3.05) is 13.1 Å². The van der Waals surface area contributed by atoms with E-state index in [0.29, 0.717) is 6.54 Å². The van der Waals surface area contributed by atoms with Crippen LogP contribution in [0.25, 0.3) is 0 Å². The number of hydrogen-bond donors (Lipinski definition) is 2. The van der Waals surface area contributed by atoms with Gasteiger partial charge in [0.1, 0.15) is 6.29 Å². The minimum Gasteiger partial charge on any atom is -0.365 e. The van der Waals surface area contributed by atoms with Crippen LogP contribution in [0.5, 0.6) is 0 Å². The van der Waals surface area contributed by atoms with Gasteiger partial charge in [0.2, 0.25) is 0 Å². The van der Waals surface area contributed by atoms with Gasteiger partial charge in [0, 0.05) is 18.4 Å². The zero-order valence-electron chi connectivity index (χ0n) is 6.34. The molecule has 3 nitrogen and oxygen atoms in total. The minimum atomic E-state index is 0.445. The summed E-state index contributed by atoms with van der Waals surface area (Å²) in [5.74, 6) is 0. The molecular weight excluding hydrogens is 140 g/mol. The van der Waals surface area contributed by atoms with Gasteiger partial charge in [-0.1, -0.05) is 0 Å². The highest BCUT2D eigenvalue weighted by Crippen LogP contribution is 1.93. The Bertz CT molecular complexity index is 194. The van der Waals surface area contributed by atoms with Crippen LogP contribution in [0.2, 0.25) is 0 Å². The summed E-state index contributed by atoms with van der Waals surface area (Å²) in [5, 5.41) is 2.99. The lowest BCUT2D eigenvalue weighted by Gasteiger charge is -1.97. The van der Waals surface area contributed by atoms with Crippen LogP contribution in [0.15, 0.2) is 18.3 Å². The Balaban J connectivity index is 2.09. The molecule has 60 valence electrons. The summed E-state index contributed by atoms with van der Waals surface area (Å²) in [4.78, 5) is 13.0. The molecule has 0 saturated carbocycles. The van der Waals surface area contributed by atoms with Gasteiger partial charge in [-0.15, -0.1) is 0 Å². The van der Waals surface area contributed by atoms with Crippen LogP contribution in [0, 0.1) is 0 Å². The zero-order valence-corrected chi connectivity index (χ0v) is 6.34. The first-order valence-corrected chi connectivity index (χ1v) is 3.70. The van der Waals surface area contributed by atoms with E-state index in [1.807, 2.05) is 18.3 Å². The first-order valence-electron chi connectivity index (χ1n) is 3.70. The Hall–Kier alpha value is -1.09. The summed E-state index contributed by atoms with van der Waals surface area (Å²) in [6, 6.07) is 4.00. The number of carbonyl (C=O) groups is 1. The Labute approximate surface area is 65.8 Å². The van der Waals surface area contributed by atoms with Gasteiger partial charge in [0.05, 0.1) is 6.54 Å². The average molecular weight is 152 g/mol. The SMILES string of the molecule is O=CCNCCc1ccc[nH]1. The number of aromatic nitrogens is 1. The summed E-state index contributed by atoms with van der Waals surface area (Å²) < 4.78 is 0. The van der Waals surface area contributed by atoms with Gasteiger partial charge in [0.25, 0.3) is 0 Å². The van der Waals surface area contributed by atoms with Crippen molar-refractivity contribution in [2.24, 2.45) is 0 Å². The molecule has 0 saturated heterocycles. The van der Waals surface area contributed by atoms with Gasteiger partial charge in [-0.2, -0.15) is 0 Å². The van der Waals surface area contributed by atoms with E-state index in [4.69, 9.17) is 0 Å². The highest BCUT2D eigenvalue weighted by molar-refractivity contribution is 5.51. The molecule has 0 aliphatic carbocycles. The van der Waals surface area contributed by atoms with Crippen molar-refractivity contribution < 1.29 is 4.79 Å². The lowest BCUT2D eigenvalue weighted by atomic mass is 10.3. The van der Waals surface area contributed by atoms with Gasteiger partial charge in [-0.3, -0.25) is 0 Å². The molecule has 2 N–H and O–H groups in total. The standard InChI is InChI=1S/C8H12N2O/c11-7-6-9-5-3-8-2-1-4-10-8/h1-2,4,7,9-10H,3,5-6H2. The van der Waals surface area contributed by atoms with Crippen molar-refractivity contribution in [3.05, 3.63) is 24.0 Å². The largest absolute Gasteiger partial charge is 0.365 e. The summed E-state index contributed by atoms with van der Waals surface area (Å²) in [6.07, 6.45) is 3.71. The molecule has 11 heavy (non-hydrogen) atoms. The van der Waals surface area contributed by atoms with Crippen molar-refractivity contribution in [3.8, 4) is 0 Å². The van der Waals surface area contributed by atoms with E-state index in [9.17, 15) is 4.79 Å². The first-order chi connectivity index (χ1) is 5.43. The molecule has 1 aromatic rings. The highest BCUT2D eigenvalue weighted by atomic mass is 16.1. The van der Waals surface area contributed by atoms with Crippen LogP contribution in [0.3, 0.4) is 0 Å². The highest BCUT2D eigenvalue weighted by Gasteiger charge is 1.90. The topological polar surface area (TPSA) is 44.9 Å². The average Bonchev–Trinajstić information content (AvgIpc) is 2.50. The Morgan fingerprint density at radius 3 is 3.18 bits per heavy atom. The predicted molar refractivity (Wildman–Crippen MR) is 43.4 cm³/mol. The molecule has 1 rings (SSSR count). The Morgan fingerprint density at radius 1 is 1.64 bits per heavy atom. The Morgan fingerprint density at radius 2 is 2.55 bits per heavy atom. The fraction of sp³-hybridized carbons (Fsp3) is 0.375. The fourth-order valence-electron chi connectivity index (χ4n) is 0.907. The van der Waals surface area contributed by atoms with E-state index in [2.05, 4.69) is 10.3 Å². The van der Waals surface area contributed by atoms with Gasteiger partial charge in [-0.25, -0.2) is 0 Å². The van der Waals surface area contributed by atoms with E-state index >= 15 is 0 Å². The molecule has 1 aromatic heterocycles. The summed E-state index contributed by atoms with van der Waals surface area (Å²) in [7, 11) is 0. The molecule has 3 heteroatoms. The van der Waals surface area contributed by atoms with Crippen LogP contribution in [-0.4, -0.2) is 24.4 Å². The minimum absolute atomic E-state index is 0.445. The van der Waals surface area contributed by atoms with Crippen LogP contribution in [0.4, 0.5) is 0 Å². The summed E-state index contributed by atoms with van der Waals surface area (Å²) >= 11 is 0. The molecule has 0 fully saturated rings. The number of aromatic amines is 1. The summed E-state index contributed by atoms with van der Waals surface area (Å²) in [6.45, 7) is 1.29. The van der Waals surface area contributed by atoms with E-state index in [-0.39, 0.29) is 0 Å². The predicted octanol–water partition coefficient (Wildman–Crippen LogP) is 0.346. The molecule has 0 aromatic carbocycles. The second-order valence-corrected chi connectivity index (χ2v) is 2.32. The third-order valence-corrected chi connectivity index (χ3v) is 1.46. The van der Waals surface area contributed by atoms with Gasteiger partial charge < -0.3 is 15.1 Å². The smallest absolute Gasteiger partial charge is 0.133 e. The molecule has 0 amide bonds. The normalized spacial score (nSPS) is 9.82. The van der Waals surface area contributed by atoms with Crippen molar-refractivity contribution in [1.82, 2.24) is 10.3 Å². The number of nitrogens with one attached hydrogen (secondary N) is 2. The molecular formula is C8H12N2O. The number of H-pyrrole nitrogens is 1. The quantitative estimate of drug-likeness (QED) is 0.472. The molecule has 0 atom stereocenters. The molecule has 0 unspecified atom stereocenters. The maximum absolute atomic E-state index is 9.90. The van der Waals surface area contributed by atoms with Gasteiger partial charge >= 0.3 is 0 Å². The van der Waals surface area contributed by atoms with Crippen LogP contribution < -0.4 is 5.32 Å².